The van der Waals surface area contributed by atoms with Gasteiger partial charge in [-0.2, -0.15) is 0 Å². The summed E-state index contributed by atoms with van der Waals surface area (Å²) in [6.07, 6.45) is 1.68. The van der Waals surface area contributed by atoms with E-state index in [1.165, 1.54) is 11.1 Å². The molecule has 0 saturated carbocycles. The van der Waals surface area contributed by atoms with E-state index in [9.17, 15) is 4.79 Å². The van der Waals surface area contributed by atoms with Crippen molar-refractivity contribution in [3.63, 3.8) is 0 Å². The number of rotatable bonds is 6. The number of hydrogen-bond acceptors (Lipinski definition) is 2. The van der Waals surface area contributed by atoms with Crippen LogP contribution >= 0.6 is 0 Å². The fourth-order valence-electron chi connectivity index (χ4n) is 3.48. The predicted molar refractivity (Wildman–Crippen MR) is 122 cm³/mol. The summed E-state index contributed by atoms with van der Waals surface area (Å²) in [6.45, 7) is 2.07. The molecule has 0 unspecified atom stereocenters. The van der Waals surface area contributed by atoms with E-state index in [1.54, 1.807) is 0 Å². The highest BCUT2D eigenvalue weighted by Gasteiger charge is 2.13. The van der Waals surface area contributed by atoms with Crippen molar-refractivity contribution >= 4 is 5.97 Å². The van der Waals surface area contributed by atoms with Crippen molar-refractivity contribution in [3.05, 3.63) is 125 Å². The van der Waals surface area contributed by atoms with Gasteiger partial charge >= 0.3 is 5.97 Å². The second-order valence-corrected chi connectivity index (χ2v) is 7.42. The number of ether oxygens (including phenoxy) is 1. The van der Waals surface area contributed by atoms with E-state index in [2.05, 4.69) is 43.3 Å². The Morgan fingerprint density at radius 1 is 0.667 bits per heavy atom. The Kier molecular flexibility index (Phi) is 6.05. The average Bonchev–Trinajstić information content (AvgIpc) is 2.80. The Morgan fingerprint density at radius 2 is 1.27 bits per heavy atom. The van der Waals surface area contributed by atoms with Gasteiger partial charge in [0.05, 0.1) is 5.56 Å². The third-order valence-electron chi connectivity index (χ3n) is 5.21. The topological polar surface area (TPSA) is 26.3 Å². The van der Waals surface area contributed by atoms with Gasteiger partial charge in [-0.05, 0) is 60.2 Å². The van der Waals surface area contributed by atoms with Crippen molar-refractivity contribution in [1.29, 1.82) is 0 Å². The van der Waals surface area contributed by atoms with Crippen molar-refractivity contribution in [3.8, 4) is 16.9 Å². The SMILES string of the molecule is Cc1ccc(-c2ccc(OC(=O)c3ccccc3CCc3ccccc3)cc2)cc1. The van der Waals surface area contributed by atoms with Gasteiger partial charge in [-0.1, -0.05) is 90.5 Å². The Balaban J connectivity index is 1.45. The van der Waals surface area contributed by atoms with Crippen molar-refractivity contribution < 1.29 is 9.53 Å². The van der Waals surface area contributed by atoms with Crippen LogP contribution in [0, 0.1) is 6.92 Å². The molecule has 0 aliphatic rings. The van der Waals surface area contributed by atoms with E-state index >= 15 is 0 Å². The molecule has 2 nitrogen and oxygen atoms in total. The van der Waals surface area contributed by atoms with Crippen LogP contribution in [0.15, 0.2) is 103 Å². The summed E-state index contributed by atoms with van der Waals surface area (Å²) in [5.74, 6) is 0.232. The lowest BCUT2D eigenvalue weighted by Gasteiger charge is -2.10. The second-order valence-electron chi connectivity index (χ2n) is 7.42. The number of aryl methyl sites for hydroxylation is 3. The zero-order valence-electron chi connectivity index (χ0n) is 17.0. The first-order chi connectivity index (χ1) is 14.7. The molecule has 0 heterocycles. The molecule has 0 bridgehead atoms. The van der Waals surface area contributed by atoms with Gasteiger partial charge < -0.3 is 4.74 Å². The molecule has 0 aromatic heterocycles. The molecule has 0 radical (unpaired) electrons. The van der Waals surface area contributed by atoms with Gasteiger partial charge in [0.2, 0.25) is 0 Å². The van der Waals surface area contributed by atoms with Crippen LogP contribution in [0.25, 0.3) is 11.1 Å². The van der Waals surface area contributed by atoms with Gasteiger partial charge in [0.1, 0.15) is 5.75 Å². The van der Waals surface area contributed by atoms with Crippen LogP contribution in [0.4, 0.5) is 0 Å². The molecule has 0 amide bonds. The summed E-state index contributed by atoms with van der Waals surface area (Å²) in [6, 6.07) is 34.0. The minimum absolute atomic E-state index is 0.318. The van der Waals surface area contributed by atoms with Crippen molar-refractivity contribution in [2.24, 2.45) is 0 Å². The Hall–Kier alpha value is -3.65. The normalized spacial score (nSPS) is 10.6. The van der Waals surface area contributed by atoms with Crippen LogP contribution in [-0.4, -0.2) is 5.97 Å². The van der Waals surface area contributed by atoms with Crippen LogP contribution in [0.1, 0.15) is 27.0 Å². The molecule has 0 fully saturated rings. The predicted octanol–water partition coefficient (Wildman–Crippen LogP) is 6.67. The maximum Gasteiger partial charge on any atom is 0.343 e. The molecule has 0 saturated heterocycles. The lowest BCUT2D eigenvalue weighted by atomic mass is 10.00. The highest BCUT2D eigenvalue weighted by Crippen LogP contribution is 2.24. The molecule has 0 spiro atoms. The number of carbonyl (C=O) groups is 1. The summed E-state index contributed by atoms with van der Waals surface area (Å²) < 4.78 is 5.66. The summed E-state index contributed by atoms with van der Waals surface area (Å²) in [7, 11) is 0. The molecular formula is C28H24O2. The van der Waals surface area contributed by atoms with E-state index in [1.807, 2.05) is 66.7 Å². The maximum absolute atomic E-state index is 12.8. The third-order valence-corrected chi connectivity index (χ3v) is 5.21. The van der Waals surface area contributed by atoms with Gasteiger partial charge in [0.25, 0.3) is 0 Å². The molecule has 0 atom stereocenters. The van der Waals surface area contributed by atoms with Crippen molar-refractivity contribution in [2.75, 3.05) is 0 Å². The highest BCUT2D eigenvalue weighted by atomic mass is 16.5. The molecule has 4 rings (SSSR count). The largest absolute Gasteiger partial charge is 0.423 e. The van der Waals surface area contributed by atoms with Crippen LogP contribution in [0.2, 0.25) is 0 Å². The zero-order chi connectivity index (χ0) is 20.8. The lowest BCUT2D eigenvalue weighted by molar-refractivity contribution is 0.0733. The maximum atomic E-state index is 12.8. The van der Waals surface area contributed by atoms with E-state index in [0.717, 1.165) is 29.5 Å². The second kappa shape index (κ2) is 9.23. The molecule has 30 heavy (non-hydrogen) atoms. The van der Waals surface area contributed by atoms with E-state index < -0.39 is 0 Å². The fraction of sp³-hybridized carbons (Fsp3) is 0.107. The van der Waals surface area contributed by atoms with E-state index in [4.69, 9.17) is 4.74 Å². The number of benzene rings is 4. The standard InChI is InChI=1S/C28H24O2/c1-21-11-14-23(15-12-21)24-17-19-26(20-18-24)30-28(29)27-10-6-5-9-25(27)16-13-22-7-3-2-4-8-22/h2-12,14-15,17-20H,13,16H2,1H3. The van der Waals surface area contributed by atoms with Crippen molar-refractivity contribution in [1.82, 2.24) is 0 Å². The van der Waals surface area contributed by atoms with E-state index in [-0.39, 0.29) is 5.97 Å². The summed E-state index contributed by atoms with van der Waals surface area (Å²) >= 11 is 0. The smallest absolute Gasteiger partial charge is 0.343 e. The zero-order valence-corrected chi connectivity index (χ0v) is 17.0. The Bertz CT molecular complexity index is 1110. The van der Waals surface area contributed by atoms with Crippen LogP contribution in [0.3, 0.4) is 0 Å². The van der Waals surface area contributed by atoms with Gasteiger partial charge in [-0.3, -0.25) is 0 Å². The molecule has 0 aliphatic heterocycles. The molecule has 0 N–H and O–H groups in total. The molecule has 2 heteroatoms. The van der Waals surface area contributed by atoms with Crippen LogP contribution in [-0.2, 0) is 12.8 Å². The number of hydrogen-bond donors (Lipinski definition) is 0. The van der Waals surface area contributed by atoms with Gasteiger partial charge in [-0.25, -0.2) is 4.79 Å². The van der Waals surface area contributed by atoms with Crippen LogP contribution < -0.4 is 4.74 Å². The molecular weight excluding hydrogens is 368 g/mol. The summed E-state index contributed by atoms with van der Waals surface area (Å²) in [4.78, 5) is 12.8. The molecule has 0 aliphatic carbocycles. The first-order valence-electron chi connectivity index (χ1n) is 10.2. The first-order valence-corrected chi connectivity index (χ1v) is 10.2. The Morgan fingerprint density at radius 3 is 1.97 bits per heavy atom. The van der Waals surface area contributed by atoms with Gasteiger partial charge in [-0.15, -0.1) is 0 Å². The first kappa shape index (κ1) is 19.7. The summed E-state index contributed by atoms with van der Waals surface area (Å²) in [5.41, 5.74) is 6.35. The Labute approximate surface area is 177 Å². The third kappa shape index (κ3) is 4.84. The minimum Gasteiger partial charge on any atom is -0.423 e. The number of esters is 1. The monoisotopic (exact) mass is 392 g/mol. The molecule has 4 aromatic rings. The van der Waals surface area contributed by atoms with Crippen LogP contribution in [0.5, 0.6) is 5.75 Å². The van der Waals surface area contributed by atoms with Gasteiger partial charge in [0.15, 0.2) is 0 Å². The van der Waals surface area contributed by atoms with Crippen molar-refractivity contribution in [2.45, 2.75) is 19.8 Å². The lowest BCUT2D eigenvalue weighted by Crippen LogP contribution is -2.11. The highest BCUT2D eigenvalue weighted by molar-refractivity contribution is 5.92. The summed E-state index contributed by atoms with van der Waals surface area (Å²) in [5, 5.41) is 0. The quantitative estimate of drug-likeness (QED) is 0.271. The molecule has 4 aromatic carbocycles. The fourth-order valence-corrected chi connectivity index (χ4v) is 3.48. The average molecular weight is 392 g/mol. The van der Waals surface area contributed by atoms with E-state index in [0.29, 0.717) is 11.3 Å². The van der Waals surface area contributed by atoms with Gasteiger partial charge in [0, 0.05) is 0 Å². The number of carbonyl (C=O) groups excluding carboxylic acids is 1. The minimum atomic E-state index is -0.318. The molecule has 148 valence electrons.